The van der Waals surface area contributed by atoms with Gasteiger partial charge in [-0.05, 0) is 24.1 Å². The second kappa shape index (κ2) is 3.10. The molecule has 0 aromatic heterocycles. The Hall–Kier alpha value is -1.90. The van der Waals surface area contributed by atoms with E-state index in [1.54, 1.807) is 6.08 Å². The molecule has 0 spiro atoms. The summed E-state index contributed by atoms with van der Waals surface area (Å²) in [4.78, 5) is 21.9. The minimum absolute atomic E-state index is 0.235. The van der Waals surface area contributed by atoms with Gasteiger partial charge in [-0.1, -0.05) is 24.3 Å². The van der Waals surface area contributed by atoms with E-state index in [2.05, 4.69) is 5.32 Å². The highest BCUT2D eigenvalue weighted by molar-refractivity contribution is 6.36. The maximum Gasteiger partial charge on any atom is 0.263 e. The largest absolute Gasteiger partial charge is 0.288 e. The molecule has 1 heterocycles. The Labute approximate surface area is 81.4 Å². The zero-order valence-corrected chi connectivity index (χ0v) is 7.70. The van der Waals surface area contributed by atoms with Crippen molar-refractivity contribution in [2.24, 2.45) is 0 Å². The summed E-state index contributed by atoms with van der Waals surface area (Å²) in [6, 6.07) is 7.61. The average Bonchev–Trinajstić information content (AvgIpc) is 2.17. The molecular weight excluding hydrogens is 178 g/mol. The lowest BCUT2D eigenvalue weighted by molar-refractivity contribution is -0.134. The van der Waals surface area contributed by atoms with Crippen molar-refractivity contribution in [3.63, 3.8) is 0 Å². The Morgan fingerprint density at radius 1 is 1.14 bits per heavy atom. The number of β-lactam (4-membered cyclic amide) rings is 2. The van der Waals surface area contributed by atoms with E-state index in [0.29, 0.717) is 0 Å². The Morgan fingerprint density at radius 3 is 2.36 bits per heavy atom. The van der Waals surface area contributed by atoms with Gasteiger partial charge in [0.1, 0.15) is 5.57 Å². The lowest BCUT2D eigenvalue weighted by Gasteiger charge is -2.15. The first-order valence-corrected chi connectivity index (χ1v) is 4.31. The van der Waals surface area contributed by atoms with Crippen LogP contribution in [0.2, 0.25) is 0 Å². The van der Waals surface area contributed by atoms with E-state index in [4.69, 9.17) is 0 Å². The van der Waals surface area contributed by atoms with Crippen LogP contribution in [0.3, 0.4) is 0 Å². The molecule has 3 nitrogen and oxygen atoms in total. The molecule has 1 aromatic rings. The van der Waals surface area contributed by atoms with Gasteiger partial charge in [-0.2, -0.15) is 0 Å². The van der Waals surface area contributed by atoms with Crippen LogP contribution in [0.1, 0.15) is 11.1 Å². The molecule has 1 aliphatic rings. The van der Waals surface area contributed by atoms with Crippen molar-refractivity contribution < 1.29 is 9.59 Å². The summed E-state index contributed by atoms with van der Waals surface area (Å²) < 4.78 is 0. The number of aryl methyl sites for hydroxylation is 1. The first-order chi connectivity index (χ1) is 6.68. The molecule has 1 N–H and O–H groups in total. The third-order valence-electron chi connectivity index (χ3n) is 2.20. The van der Waals surface area contributed by atoms with Crippen LogP contribution in [-0.4, -0.2) is 11.8 Å². The summed E-state index contributed by atoms with van der Waals surface area (Å²) in [6.45, 7) is 1.94. The van der Waals surface area contributed by atoms with Crippen molar-refractivity contribution >= 4 is 17.9 Å². The van der Waals surface area contributed by atoms with Gasteiger partial charge in [-0.3, -0.25) is 14.9 Å². The Kier molecular flexibility index (Phi) is 1.93. The molecule has 0 bridgehead atoms. The number of amides is 2. The number of imide groups is 1. The summed E-state index contributed by atoms with van der Waals surface area (Å²) in [5.41, 5.74) is 2.19. The van der Waals surface area contributed by atoms with E-state index in [-0.39, 0.29) is 17.4 Å². The summed E-state index contributed by atoms with van der Waals surface area (Å²) in [5, 5.41) is 2.15. The van der Waals surface area contributed by atoms with Gasteiger partial charge >= 0.3 is 0 Å². The van der Waals surface area contributed by atoms with Crippen molar-refractivity contribution in [1.29, 1.82) is 0 Å². The molecule has 0 aliphatic carbocycles. The third kappa shape index (κ3) is 1.33. The molecular formula is C11H9NO2. The Bertz CT molecular complexity index is 430. The number of carbonyl (C=O) groups is 2. The highest BCUT2D eigenvalue weighted by Gasteiger charge is 2.30. The van der Waals surface area contributed by atoms with E-state index in [0.717, 1.165) is 11.1 Å². The van der Waals surface area contributed by atoms with E-state index in [1.807, 2.05) is 31.2 Å². The monoisotopic (exact) mass is 187 g/mol. The van der Waals surface area contributed by atoms with Gasteiger partial charge < -0.3 is 0 Å². The fourth-order valence-corrected chi connectivity index (χ4v) is 1.31. The van der Waals surface area contributed by atoms with Crippen molar-refractivity contribution in [2.75, 3.05) is 0 Å². The molecule has 1 saturated heterocycles. The first kappa shape index (κ1) is 8.69. The minimum Gasteiger partial charge on any atom is -0.288 e. The summed E-state index contributed by atoms with van der Waals surface area (Å²) in [7, 11) is 0. The highest BCUT2D eigenvalue weighted by Crippen LogP contribution is 2.15. The average molecular weight is 187 g/mol. The topological polar surface area (TPSA) is 46.2 Å². The van der Waals surface area contributed by atoms with Gasteiger partial charge in [0.2, 0.25) is 0 Å². The molecule has 2 rings (SSSR count). The van der Waals surface area contributed by atoms with Crippen LogP contribution in [-0.2, 0) is 9.59 Å². The van der Waals surface area contributed by atoms with Crippen LogP contribution >= 0.6 is 0 Å². The molecule has 0 radical (unpaired) electrons. The zero-order valence-electron chi connectivity index (χ0n) is 7.70. The summed E-state index contributed by atoms with van der Waals surface area (Å²) in [5.74, 6) is -0.587. The molecule has 1 aromatic carbocycles. The first-order valence-electron chi connectivity index (χ1n) is 4.31. The minimum atomic E-state index is -0.293. The van der Waals surface area contributed by atoms with Crippen LogP contribution in [0.25, 0.3) is 6.08 Å². The quantitative estimate of drug-likeness (QED) is 0.405. The predicted octanol–water partition coefficient (Wildman–Crippen LogP) is 1.03. The highest BCUT2D eigenvalue weighted by atomic mass is 16.2. The van der Waals surface area contributed by atoms with Crippen LogP contribution in [0.4, 0.5) is 0 Å². The van der Waals surface area contributed by atoms with Crippen molar-refractivity contribution in [2.45, 2.75) is 6.92 Å². The number of hydrogen-bond acceptors (Lipinski definition) is 2. The van der Waals surface area contributed by atoms with Crippen LogP contribution in [0, 0.1) is 6.92 Å². The van der Waals surface area contributed by atoms with Crippen molar-refractivity contribution in [3.05, 3.63) is 41.0 Å². The van der Waals surface area contributed by atoms with Crippen LogP contribution in [0.5, 0.6) is 0 Å². The Balaban J connectivity index is 2.39. The smallest absolute Gasteiger partial charge is 0.263 e. The van der Waals surface area contributed by atoms with Crippen molar-refractivity contribution in [3.8, 4) is 0 Å². The molecule has 1 aliphatic heterocycles. The summed E-state index contributed by atoms with van der Waals surface area (Å²) in [6.07, 6.45) is 1.62. The number of rotatable bonds is 1. The normalized spacial score (nSPS) is 14.8. The number of nitrogens with one attached hydrogen (secondary N) is 1. The van der Waals surface area contributed by atoms with Gasteiger partial charge in [0.05, 0.1) is 0 Å². The van der Waals surface area contributed by atoms with Crippen LogP contribution in [0.15, 0.2) is 29.8 Å². The zero-order chi connectivity index (χ0) is 10.1. The van der Waals surface area contributed by atoms with Crippen molar-refractivity contribution in [1.82, 2.24) is 5.32 Å². The van der Waals surface area contributed by atoms with Gasteiger partial charge in [0.25, 0.3) is 11.8 Å². The molecule has 3 heteroatoms. The maximum absolute atomic E-state index is 11.0. The molecule has 0 atom stereocenters. The predicted molar refractivity (Wildman–Crippen MR) is 52.3 cm³/mol. The van der Waals surface area contributed by atoms with Gasteiger partial charge in [0, 0.05) is 0 Å². The molecule has 0 saturated carbocycles. The van der Waals surface area contributed by atoms with Gasteiger partial charge in [0.15, 0.2) is 0 Å². The number of hydrogen-bond donors (Lipinski definition) is 1. The fourth-order valence-electron chi connectivity index (χ4n) is 1.31. The van der Waals surface area contributed by atoms with Gasteiger partial charge in [-0.25, -0.2) is 0 Å². The Morgan fingerprint density at radius 2 is 1.79 bits per heavy atom. The summed E-state index contributed by atoms with van der Waals surface area (Å²) >= 11 is 0. The molecule has 2 amide bonds. The van der Waals surface area contributed by atoms with Gasteiger partial charge in [-0.15, -0.1) is 0 Å². The van der Waals surface area contributed by atoms with E-state index < -0.39 is 0 Å². The molecule has 1 fully saturated rings. The number of carbonyl (C=O) groups excluding carboxylic acids is 2. The second-order valence-electron chi connectivity index (χ2n) is 3.20. The SMILES string of the molecule is Cc1ccccc1C=C1C(=O)NC1=O. The van der Waals surface area contributed by atoms with E-state index >= 15 is 0 Å². The molecule has 0 unspecified atom stereocenters. The fraction of sp³-hybridized carbons (Fsp3) is 0.0909. The van der Waals surface area contributed by atoms with E-state index in [9.17, 15) is 9.59 Å². The lowest BCUT2D eigenvalue weighted by Crippen LogP contribution is -2.47. The molecule has 14 heavy (non-hydrogen) atoms. The standard InChI is InChI=1S/C11H9NO2/c1-7-4-2-3-5-8(7)6-9-10(13)12-11(9)14/h2-6H,1H3,(H,12,13,14). The third-order valence-corrected chi connectivity index (χ3v) is 2.20. The van der Waals surface area contributed by atoms with E-state index in [1.165, 1.54) is 0 Å². The lowest BCUT2D eigenvalue weighted by atomic mass is 10.0. The second-order valence-corrected chi connectivity index (χ2v) is 3.20. The molecule has 70 valence electrons. The maximum atomic E-state index is 11.0. The van der Waals surface area contributed by atoms with Crippen LogP contribution < -0.4 is 5.32 Å². The number of benzene rings is 1.